The summed E-state index contributed by atoms with van der Waals surface area (Å²) in [6.07, 6.45) is -4.35. The molecule has 0 aromatic carbocycles. The SMILES string of the molecule is CC(CN)c1nc(COCC(F)(F)F)no1. The molecular weight excluding hydrogens is 227 g/mol. The van der Waals surface area contributed by atoms with E-state index in [9.17, 15) is 13.2 Å². The van der Waals surface area contributed by atoms with Crippen molar-refractivity contribution in [3.8, 4) is 0 Å². The van der Waals surface area contributed by atoms with Crippen molar-refractivity contribution in [2.45, 2.75) is 25.6 Å². The summed E-state index contributed by atoms with van der Waals surface area (Å²) in [5.74, 6) is 0.261. The van der Waals surface area contributed by atoms with E-state index < -0.39 is 12.8 Å². The van der Waals surface area contributed by atoms with Crippen LogP contribution in [0.4, 0.5) is 13.2 Å². The quantitative estimate of drug-likeness (QED) is 0.835. The zero-order valence-corrected chi connectivity index (χ0v) is 8.62. The Labute approximate surface area is 89.8 Å². The third-order valence-corrected chi connectivity index (χ3v) is 1.76. The third-order valence-electron chi connectivity index (χ3n) is 1.76. The first-order valence-corrected chi connectivity index (χ1v) is 4.59. The fraction of sp³-hybridized carbons (Fsp3) is 0.750. The molecule has 2 N–H and O–H groups in total. The molecule has 0 aliphatic heterocycles. The second kappa shape index (κ2) is 5.26. The van der Waals surface area contributed by atoms with E-state index in [2.05, 4.69) is 14.9 Å². The number of hydrogen-bond donors (Lipinski definition) is 1. The summed E-state index contributed by atoms with van der Waals surface area (Å²) >= 11 is 0. The van der Waals surface area contributed by atoms with E-state index in [4.69, 9.17) is 10.3 Å². The van der Waals surface area contributed by atoms with Crippen LogP contribution in [0.2, 0.25) is 0 Å². The average molecular weight is 239 g/mol. The van der Waals surface area contributed by atoms with Gasteiger partial charge in [0.15, 0.2) is 5.82 Å². The van der Waals surface area contributed by atoms with Crippen LogP contribution in [0.5, 0.6) is 0 Å². The minimum Gasteiger partial charge on any atom is -0.364 e. The molecule has 5 nitrogen and oxygen atoms in total. The van der Waals surface area contributed by atoms with Gasteiger partial charge in [-0.2, -0.15) is 18.2 Å². The van der Waals surface area contributed by atoms with Gasteiger partial charge in [-0.05, 0) is 0 Å². The summed E-state index contributed by atoms with van der Waals surface area (Å²) < 4.78 is 44.4. The molecule has 16 heavy (non-hydrogen) atoms. The van der Waals surface area contributed by atoms with Crippen LogP contribution in [0.1, 0.15) is 24.6 Å². The van der Waals surface area contributed by atoms with E-state index in [1.54, 1.807) is 6.92 Å². The molecule has 1 aromatic heterocycles. The van der Waals surface area contributed by atoms with Gasteiger partial charge in [0.05, 0.1) is 0 Å². The third kappa shape index (κ3) is 4.15. The lowest BCUT2D eigenvalue weighted by Crippen LogP contribution is -2.17. The number of nitrogens with zero attached hydrogens (tertiary/aromatic N) is 2. The second-order valence-corrected chi connectivity index (χ2v) is 3.29. The van der Waals surface area contributed by atoms with Gasteiger partial charge in [0.25, 0.3) is 0 Å². The zero-order valence-electron chi connectivity index (χ0n) is 8.62. The summed E-state index contributed by atoms with van der Waals surface area (Å²) in [5, 5.41) is 3.47. The van der Waals surface area contributed by atoms with E-state index in [-0.39, 0.29) is 18.3 Å². The van der Waals surface area contributed by atoms with Crippen LogP contribution < -0.4 is 5.73 Å². The molecule has 8 heteroatoms. The van der Waals surface area contributed by atoms with E-state index in [0.29, 0.717) is 12.4 Å². The van der Waals surface area contributed by atoms with Crippen molar-refractivity contribution in [3.63, 3.8) is 0 Å². The Morgan fingerprint density at radius 1 is 1.50 bits per heavy atom. The lowest BCUT2D eigenvalue weighted by Gasteiger charge is -2.04. The number of alkyl halides is 3. The van der Waals surface area contributed by atoms with E-state index >= 15 is 0 Å². The Morgan fingerprint density at radius 3 is 2.75 bits per heavy atom. The van der Waals surface area contributed by atoms with Crippen molar-refractivity contribution in [1.82, 2.24) is 10.1 Å². The molecule has 1 atom stereocenters. The minimum atomic E-state index is -4.35. The maximum Gasteiger partial charge on any atom is 0.411 e. The number of ether oxygens (including phenoxy) is 1. The van der Waals surface area contributed by atoms with Crippen LogP contribution in [-0.2, 0) is 11.3 Å². The molecule has 0 amide bonds. The summed E-state index contributed by atoms with van der Waals surface area (Å²) in [6.45, 7) is 0.433. The summed E-state index contributed by atoms with van der Waals surface area (Å²) in [6, 6.07) is 0. The van der Waals surface area contributed by atoms with Crippen LogP contribution >= 0.6 is 0 Å². The zero-order chi connectivity index (χ0) is 12.2. The lowest BCUT2D eigenvalue weighted by atomic mass is 10.2. The Hall–Kier alpha value is -1.15. The Balaban J connectivity index is 2.41. The summed E-state index contributed by atoms with van der Waals surface area (Å²) in [7, 11) is 0. The number of rotatable bonds is 5. The van der Waals surface area contributed by atoms with Gasteiger partial charge in [-0.15, -0.1) is 0 Å². The highest BCUT2D eigenvalue weighted by Crippen LogP contribution is 2.16. The predicted octanol–water partition coefficient (Wildman–Crippen LogP) is 1.21. The molecule has 92 valence electrons. The Morgan fingerprint density at radius 2 is 2.19 bits per heavy atom. The molecule has 0 saturated heterocycles. The summed E-state index contributed by atoms with van der Waals surface area (Å²) in [4.78, 5) is 3.85. The van der Waals surface area contributed by atoms with E-state index in [1.165, 1.54) is 0 Å². The molecule has 1 rings (SSSR count). The van der Waals surface area contributed by atoms with Gasteiger partial charge in [-0.25, -0.2) is 0 Å². The Bertz CT molecular complexity index is 327. The molecular formula is C8H12F3N3O2. The number of hydrogen-bond acceptors (Lipinski definition) is 5. The topological polar surface area (TPSA) is 74.2 Å². The number of halogens is 3. The molecule has 0 spiro atoms. The predicted molar refractivity (Wildman–Crippen MR) is 47.5 cm³/mol. The number of aromatic nitrogens is 2. The Kier molecular flexibility index (Phi) is 4.25. The highest BCUT2D eigenvalue weighted by molar-refractivity contribution is 4.91. The maximum absolute atomic E-state index is 11.7. The monoisotopic (exact) mass is 239 g/mol. The van der Waals surface area contributed by atoms with E-state index in [0.717, 1.165) is 0 Å². The standard InChI is InChI=1S/C8H12F3N3O2/c1-5(2-12)7-13-6(14-16-7)3-15-4-8(9,10)11/h5H,2-4,12H2,1H3. The first-order valence-electron chi connectivity index (χ1n) is 4.59. The van der Waals surface area contributed by atoms with Gasteiger partial charge >= 0.3 is 6.18 Å². The van der Waals surface area contributed by atoms with Crippen molar-refractivity contribution in [2.75, 3.05) is 13.2 Å². The molecule has 0 bridgehead atoms. The van der Waals surface area contributed by atoms with E-state index in [1.807, 2.05) is 0 Å². The van der Waals surface area contributed by atoms with Gasteiger partial charge in [0.1, 0.15) is 13.2 Å². The first-order chi connectivity index (χ1) is 7.42. The van der Waals surface area contributed by atoms with Gasteiger partial charge in [-0.1, -0.05) is 12.1 Å². The van der Waals surface area contributed by atoms with Crippen molar-refractivity contribution >= 4 is 0 Å². The van der Waals surface area contributed by atoms with Crippen LogP contribution in [0.25, 0.3) is 0 Å². The average Bonchev–Trinajstić information content (AvgIpc) is 2.63. The smallest absolute Gasteiger partial charge is 0.364 e. The molecule has 0 radical (unpaired) electrons. The fourth-order valence-electron chi connectivity index (χ4n) is 0.885. The van der Waals surface area contributed by atoms with Crippen LogP contribution in [-0.4, -0.2) is 29.5 Å². The highest BCUT2D eigenvalue weighted by atomic mass is 19.4. The van der Waals surface area contributed by atoms with Crippen LogP contribution in [0, 0.1) is 0 Å². The van der Waals surface area contributed by atoms with Gasteiger partial charge in [0.2, 0.25) is 5.89 Å². The largest absolute Gasteiger partial charge is 0.411 e. The molecule has 0 fully saturated rings. The molecule has 1 aromatic rings. The van der Waals surface area contributed by atoms with Crippen molar-refractivity contribution < 1.29 is 22.4 Å². The van der Waals surface area contributed by atoms with Gasteiger partial charge < -0.3 is 15.0 Å². The molecule has 1 unspecified atom stereocenters. The van der Waals surface area contributed by atoms with Crippen molar-refractivity contribution in [1.29, 1.82) is 0 Å². The van der Waals surface area contributed by atoms with Gasteiger partial charge in [0, 0.05) is 12.5 Å². The molecule has 1 heterocycles. The van der Waals surface area contributed by atoms with Crippen LogP contribution in [0.15, 0.2) is 4.52 Å². The fourth-order valence-corrected chi connectivity index (χ4v) is 0.885. The maximum atomic E-state index is 11.7. The molecule has 0 aliphatic carbocycles. The number of nitrogens with two attached hydrogens (primary N) is 1. The minimum absolute atomic E-state index is 0.0829. The highest BCUT2D eigenvalue weighted by Gasteiger charge is 2.27. The molecule has 0 saturated carbocycles. The normalized spacial score (nSPS) is 14.1. The molecule has 0 aliphatic rings. The first kappa shape index (κ1) is 12.9. The van der Waals surface area contributed by atoms with Gasteiger partial charge in [-0.3, -0.25) is 0 Å². The lowest BCUT2D eigenvalue weighted by molar-refractivity contribution is -0.177. The van der Waals surface area contributed by atoms with Crippen LogP contribution in [0.3, 0.4) is 0 Å². The van der Waals surface area contributed by atoms with Crippen molar-refractivity contribution in [3.05, 3.63) is 11.7 Å². The summed E-state index contributed by atoms with van der Waals surface area (Å²) in [5.41, 5.74) is 5.36. The second-order valence-electron chi connectivity index (χ2n) is 3.29. The van der Waals surface area contributed by atoms with Crippen molar-refractivity contribution in [2.24, 2.45) is 5.73 Å².